The van der Waals surface area contributed by atoms with E-state index in [4.69, 9.17) is 4.74 Å². The first-order valence-corrected chi connectivity index (χ1v) is 5.90. The van der Waals surface area contributed by atoms with Gasteiger partial charge in [0.25, 0.3) is 6.43 Å². The van der Waals surface area contributed by atoms with E-state index in [1.165, 1.54) is 13.8 Å². The number of carboxylic acids is 2. The lowest BCUT2D eigenvalue weighted by molar-refractivity contribution is -0.256. The van der Waals surface area contributed by atoms with Gasteiger partial charge in [-0.3, -0.25) is 0 Å². The van der Waals surface area contributed by atoms with Crippen LogP contribution in [-0.4, -0.2) is 23.0 Å². The monoisotopic (exact) mass is 341 g/mol. The first-order valence-electron chi connectivity index (χ1n) is 5.90. The summed E-state index contributed by atoms with van der Waals surface area (Å²) in [6, 6.07) is 0. The second-order valence-electron chi connectivity index (χ2n) is 4.46. The molecule has 0 aliphatic carbocycles. The summed E-state index contributed by atoms with van der Waals surface area (Å²) in [6.45, 7) is 2.43. The van der Waals surface area contributed by atoms with Gasteiger partial charge in [-0.1, -0.05) is 0 Å². The van der Waals surface area contributed by atoms with Gasteiger partial charge < -0.3 is 24.5 Å². The average molecular weight is 341 g/mol. The van der Waals surface area contributed by atoms with Crippen LogP contribution in [0.3, 0.4) is 0 Å². The van der Waals surface area contributed by atoms with Gasteiger partial charge in [0, 0.05) is 0 Å². The van der Waals surface area contributed by atoms with Crippen LogP contribution < -0.4 is 14.9 Å². The van der Waals surface area contributed by atoms with Gasteiger partial charge in [-0.25, -0.2) is 13.8 Å². The minimum atomic E-state index is -5.46. The summed E-state index contributed by atoms with van der Waals surface area (Å²) < 4.78 is 69.1. The molecule has 0 aliphatic rings. The predicted molar refractivity (Wildman–Crippen MR) is 58.6 cm³/mol. The lowest BCUT2D eigenvalue weighted by Crippen LogP contribution is -2.33. The maximum absolute atomic E-state index is 12.9. The number of hydrogen-bond donors (Lipinski definition) is 0. The molecule has 11 heteroatoms. The molecule has 0 N–H and O–H groups in total. The summed E-state index contributed by atoms with van der Waals surface area (Å²) in [7, 11) is 0. The highest BCUT2D eigenvalue weighted by Gasteiger charge is 2.40. The summed E-state index contributed by atoms with van der Waals surface area (Å²) >= 11 is 0. The highest BCUT2D eigenvalue weighted by molar-refractivity contribution is 5.99. The molecular weight excluding hydrogens is 333 g/mol. The largest absolute Gasteiger partial charge is 0.545 e. The highest BCUT2D eigenvalue weighted by atomic mass is 19.4. The van der Waals surface area contributed by atoms with Crippen LogP contribution in [-0.2, 0) is 6.18 Å². The van der Waals surface area contributed by atoms with E-state index in [0.29, 0.717) is 0 Å². The molecule has 1 aromatic rings. The number of halogens is 5. The van der Waals surface area contributed by atoms with Crippen molar-refractivity contribution < 1.29 is 46.5 Å². The van der Waals surface area contributed by atoms with E-state index in [2.05, 4.69) is 4.98 Å². The second kappa shape index (κ2) is 6.34. The number of alkyl halides is 5. The van der Waals surface area contributed by atoms with Crippen LogP contribution in [0.4, 0.5) is 22.0 Å². The third-order valence-electron chi connectivity index (χ3n) is 2.42. The average Bonchev–Trinajstić information content (AvgIpc) is 2.34. The maximum Gasteiger partial charge on any atom is 0.434 e. The van der Waals surface area contributed by atoms with Gasteiger partial charge in [-0.15, -0.1) is 0 Å². The molecule has 0 unspecified atom stereocenters. The van der Waals surface area contributed by atoms with Crippen molar-refractivity contribution in [3.8, 4) is 5.75 Å². The number of nitrogens with zero attached hydrogens (tertiary/aromatic N) is 1. The smallest absolute Gasteiger partial charge is 0.434 e. The van der Waals surface area contributed by atoms with Crippen LogP contribution >= 0.6 is 0 Å². The van der Waals surface area contributed by atoms with E-state index in [1.54, 1.807) is 0 Å². The molecule has 0 saturated carbocycles. The maximum atomic E-state index is 12.9. The molecule has 0 bridgehead atoms. The zero-order valence-corrected chi connectivity index (χ0v) is 11.5. The Bertz CT molecular complexity index is 642. The normalized spacial score (nSPS) is 11.9. The lowest BCUT2D eigenvalue weighted by atomic mass is 10.0. The Morgan fingerprint density at radius 1 is 1.09 bits per heavy atom. The molecule has 0 saturated heterocycles. The van der Waals surface area contributed by atoms with Crippen molar-refractivity contribution in [2.45, 2.75) is 32.6 Å². The molecule has 0 amide bonds. The Kier molecular flexibility index (Phi) is 5.13. The van der Waals surface area contributed by atoms with Crippen LogP contribution in [0.5, 0.6) is 5.75 Å². The van der Waals surface area contributed by atoms with Gasteiger partial charge in [-0.05, 0) is 13.8 Å². The first-order chi connectivity index (χ1) is 10.4. The standard InChI is InChI=1S/C12H10F5NO5/c1-3(2)23-7-4(10(19)20)6(9(13)14)18-8(12(15,16)17)5(7)11(21)22/h3,9H,1-2H3,(H,19,20)(H,21,22)/p-2. The molecule has 1 heterocycles. The lowest BCUT2D eigenvalue weighted by Gasteiger charge is -2.24. The molecule has 0 aromatic carbocycles. The molecule has 6 nitrogen and oxygen atoms in total. The summed E-state index contributed by atoms with van der Waals surface area (Å²) in [6.07, 6.45) is -10.2. The van der Waals surface area contributed by atoms with Gasteiger partial charge in [0.2, 0.25) is 0 Å². The molecule has 0 radical (unpaired) electrons. The van der Waals surface area contributed by atoms with E-state index >= 15 is 0 Å². The number of aromatic carboxylic acids is 2. The fraction of sp³-hybridized carbons (Fsp3) is 0.417. The zero-order valence-electron chi connectivity index (χ0n) is 11.5. The van der Waals surface area contributed by atoms with E-state index < -0.39 is 58.9 Å². The van der Waals surface area contributed by atoms with Crippen LogP contribution in [0.15, 0.2) is 0 Å². The van der Waals surface area contributed by atoms with Crippen molar-refractivity contribution in [3.05, 3.63) is 22.5 Å². The quantitative estimate of drug-likeness (QED) is 0.725. The first kappa shape index (κ1) is 18.6. The minimum absolute atomic E-state index is 1.03. The summed E-state index contributed by atoms with van der Waals surface area (Å²) in [5.41, 5.74) is -7.40. The topological polar surface area (TPSA) is 102 Å². The molecule has 0 aliphatic heterocycles. The Balaban J connectivity index is 4.00. The summed E-state index contributed by atoms with van der Waals surface area (Å²) in [4.78, 5) is 24.5. The van der Waals surface area contributed by atoms with Crippen molar-refractivity contribution >= 4 is 11.9 Å². The van der Waals surface area contributed by atoms with E-state index in [-0.39, 0.29) is 0 Å². The van der Waals surface area contributed by atoms with Gasteiger partial charge in [0.1, 0.15) is 11.4 Å². The summed E-state index contributed by atoms with van der Waals surface area (Å²) in [5, 5.41) is 22.0. The number of carbonyl (C=O) groups excluding carboxylic acids is 2. The number of pyridine rings is 1. The molecule has 23 heavy (non-hydrogen) atoms. The van der Waals surface area contributed by atoms with E-state index in [1.807, 2.05) is 0 Å². The van der Waals surface area contributed by atoms with Crippen molar-refractivity contribution in [2.24, 2.45) is 0 Å². The number of rotatable bonds is 5. The number of aromatic nitrogens is 1. The Morgan fingerprint density at radius 2 is 1.57 bits per heavy atom. The number of carbonyl (C=O) groups is 2. The molecule has 128 valence electrons. The molecular formula is C12H8F5NO5-2. The van der Waals surface area contributed by atoms with Crippen LogP contribution in [0.1, 0.15) is 52.4 Å². The van der Waals surface area contributed by atoms with Gasteiger partial charge >= 0.3 is 6.18 Å². The fourth-order valence-electron chi connectivity index (χ4n) is 1.68. The van der Waals surface area contributed by atoms with E-state index in [9.17, 15) is 41.8 Å². The number of carboxylic acid groups (broad SMARTS) is 2. The molecule has 0 fully saturated rings. The predicted octanol–water partition coefficient (Wildman–Crippen LogP) is 0.552. The molecule has 1 aromatic heterocycles. The third-order valence-corrected chi connectivity index (χ3v) is 2.42. The van der Waals surface area contributed by atoms with Gasteiger partial charge in [0.15, 0.2) is 5.69 Å². The molecule has 0 spiro atoms. The Hall–Kier alpha value is -2.46. The Morgan fingerprint density at radius 3 is 1.87 bits per heavy atom. The minimum Gasteiger partial charge on any atom is -0.545 e. The van der Waals surface area contributed by atoms with Crippen molar-refractivity contribution in [3.63, 3.8) is 0 Å². The highest BCUT2D eigenvalue weighted by Crippen LogP contribution is 2.40. The Labute approximate surface area is 125 Å². The molecule has 0 atom stereocenters. The van der Waals surface area contributed by atoms with Gasteiger partial charge in [-0.2, -0.15) is 13.2 Å². The van der Waals surface area contributed by atoms with Crippen LogP contribution in [0.25, 0.3) is 0 Å². The van der Waals surface area contributed by atoms with Gasteiger partial charge in [0.05, 0.1) is 29.2 Å². The molecule has 1 rings (SSSR count). The van der Waals surface area contributed by atoms with Crippen molar-refractivity contribution in [1.82, 2.24) is 4.98 Å². The SMILES string of the molecule is CC(C)Oc1c(C(=O)[O-])c(C(F)F)nc(C(F)(F)F)c1C(=O)[O-]. The van der Waals surface area contributed by atoms with Crippen LogP contribution in [0, 0.1) is 0 Å². The summed E-state index contributed by atoms with van der Waals surface area (Å²) in [5.74, 6) is -6.28. The number of ether oxygens (including phenoxy) is 1. The third kappa shape index (κ3) is 3.85. The second-order valence-corrected chi connectivity index (χ2v) is 4.46. The van der Waals surface area contributed by atoms with Crippen molar-refractivity contribution in [2.75, 3.05) is 0 Å². The fourth-order valence-corrected chi connectivity index (χ4v) is 1.68. The zero-order chi connectivity index (χ0) is 18.1. The van der Waals surface area contributed by atoms with Crippen molar-refractivity contribution in [1.29, 1.82) is 0 Å². The number of hydrogen-bond acceptors (Lipinski definition) is 6. The van der Waals surface area contributed by atoms with Crippen LogP contribution in [0.2, 0.25) is 0 Å². The van der Waals surface area contributed by atoms with E-state index in [0.717, 1.165) is 0 Å².